The zero-order valence-electron chi connectivity index (χ0n) is 5.72. The average Bonchev–Trinajstić information content (AvgIpc) is 1.89. The minimum Gasteiger partial charge on any atom is -0.302 e. The third-order valence-electron chi connectivity index (χ3n) is 0.993. The summed E-state index contributed by atoms with van der Waals surface area (Å²) in [6.45, 7) is 6.24. The van der Waals surface area contributed by atoms with Crippen LogP contribution in [0.3, 0.4) is 0 Å². The highest BCUT2D eigenvalue weighted by Gasteiger charge is 1.92. The van der Waals surface area contributed by atoms with Gasteiger partial charge in [0.15, 0.2) is 0 Å². The molecule has 0 saturated carbocycles. The van der Waals surface area contributed by atoms with E-state index in [0.717, 1.165) is 13.0 Å². The van der Waals surface area contributed by atoms with Crippen molar-refractivity contribution < 1.29 is 0 Å². The van der Waals surface area contributed by atoms with Gasteiger partial charge in [0.1, 0.15) is 0 Å². The van der Waals surface area contributed by atoms with Crippen LogP contribution in [-0.4, -0.2) is 12.6 Å². The number of nitrogens with zero attached hydrogens (tertiary/aromatic N) is 1. The Morgan fingerprint density at radius 3 is 3.00 bits per heavy atom. The SMILES string of the molecule is C=CCCNC(C)C#N. The zero-order valence-corrected chi connectivity index (χ0v) is 5.72. The number of nitriles is 1. The van der Waals surface area contributed by atoms with Gasteiger partial charge in [-0.1, -0.05) is 6.08 Å². The second-order valence-electron chi connectivity index (χ2n) is 1.88. The molecule has 0 heterocycles. The molecule has 50 valence electrons. The van der Waals surface area contributed by atoms with Crippen LogP contribution >= 0.6 is 0 Å². The fourth-order valence-corrected chi connectivity index (χ4v) is 0.448. The molecule has 2 heteroatoms. The van der Waals surface area contributed by atoms with Crippen molar-refractivity contribution in [3.63, 3.8) is 0 Å². The summed E-state index contributed by atoms with van der Waals surface area (Å²) in [7, 11) is 0. The van der Waals surface area contributed by atoms with Gasteiger partial charge < -0.3 is 5.32 Å². The molecule has 0 aromatic rings. The van der Waals surface area contributed by atoms with Gasteiger partial charge in [0.25, 0.3) is 0 Å². The lowest BCUT2D eigenvalue weighted by molar-refractivity contribution is 0.647. The molecule has 0 radical (unpaired) electrons. The van der Waals surface area contributed by atoms with E-state index in [-0.39, 0.29) is 6.04 Å². The summed E-state index contributed by atoms with van der Waals surface area (Å²) in [6, 6.07) is 2.04. The van der Waals surface area contributed by atoms with E-state index < -0.39 is 0 Å². The van der Waals surface area contributed by atoms with E-state index in [1.54, 1.807) is 0 Å². The minimum atomic E-state index is -0.0371. The second-order valence-corrected chi connectivity index (χ2v) is 1.88. The summed E-state index contributed by atoms with van der Waals surface area (Å²) >= 11 is 0. The Morgan fingerprint density at radius 1 is 1.89 bits per heavy atom. The first-order valence-corrected chi connectivity index (χ1v) is 3.05. The predicted octanol–water partition coefficient (Wildman–Crippen LogP) is 1.06. The number of hydrogen-bond donors (Lipinski definition) is 1. The monoisotopic (exact) mass is 124 g/mol. The molecule has 0 aliphatic heterocycles. The van der Waals surface area contributed by atoms with Crippen LogP contribution in [0, 0.1) is 11.3 Å². The van der Waals surface area contributed by atoms with Gasteiger partial charge in [-0.05, 0) is 19.9 Å². The van der Waals surface area contributed by atoms with Crippen molar-refractivity contribution >= 4 is 0 Å². The van der Waals surface area contributed by atoms with E-state index in [0.29, 0.717) is 0 Å². The Hall–Kier alpha value is -0.810. The Labute approximate surface area is 56.2 Å². The molecule has 0 saturated heterocycles. The Morgan fingerprint density at radius 2 is 2.56 bits per heavy atom. The van der Waals surface area contributed by atoms with Crippen LogP contribution in [0.5, 0.6) is 0 Å². The molecule has 0 fully saturated rings. The molecule has 0 aliphatic carbocycles. The molecule has 1 unspecified atom stereocenters. The molecule has 0 amide bonds. The maximum Gasteiger partial charge on any atom is 0.0924 e. The largest absolute Gasteiger partial charge is 0.302 e. The van der Waals surface area contributed by atoms with Crippen molar-refractivity contribution in [2.45, 2.75) is 19.4 Å². The fourth-order valence-electron chi connectivity index (χ4n) is 0.448. The third kappa shape index (κ3) is 5.05. The first kappa shape index (κ1) is 8.19. The highest BCUT2D eigenvalue weighted by molar-refractivity contribution is 4.85. The summed E-state index contributed by atoms with van der Waals surface area (Å²) in [6.07, 6.45) is 2.75. The smallest absolute Gasteiger partial charge is 0.0924 e. The van der Waals surface area contributed by atoms with Gasteiger partial charge in [-0.3, -0.25) is 0 Å². The maximum absolute atomic E-state index is 8.30. The first-order chi connectivity index (χ1) is 4.31. The Kier molecular flexibility index (Phi) is 4.85. The van der Waals surface area contributed by atoms with Crippen molar-refractivity contribution in [3.05, 3.63) is 12.7 Å². The van der Waals surface area contributed by atoms with Crippen LogP contribution in [0.4, 0.5) is 0 Å². The van der Waals surface area contributed by atoms with Gasteiger partial charge in [-0.15, -0.1) is 6.58 Å². The van der Waals surface area contributed by atoms with E-state index in [1.807, 2.05) is 13.0 Å². The molecule has 1 atom stereocenters. The van der Waals surface area contributed by atoms with Crippen LogP contribution in [-0.2, 0) is 0 Å². The zero-order chi connectivity index (χ0) is 7.11. The van der Waals surface area contributed by atoms with E-state index in [1.165, 1.54) is 0 Å². The van der Waals surface area contributed by atoms with Crippen LogP contribution in [0.25, 0.3) is 0 Å². The number of hydrogen-bond acceptors (Lipinski definition) is 2. The molecule has 9 heavy (non-hydrogen) atoms. The van der Waals surface area contributed by atoms with Crippen LogP contribution in [0.2, 0.25) is 0 Å². The molecule has 0 rings (SSSR count). The Bertz CT molecular complexity index is 113. The summed E-state index contributed by atoms with van der Waals surface area (Å²) in [5, 5.41) is 11.3. The van der Waals surface area contributed by atoms with E-state index in [2.05, 4.69) is 18.0 Å². The van der Waals surface area contributed by atoms with Crippen molar-refractivity contribution in [2.75, 3.05) is 6.54 Å². The fraction of sp³-hybridized carbons (Fsp3) is 0.571. The van der Waals surface area contributed by atoms with Gasteiger partial charge in [0.2, 0.25) is 0 Å². The van der Waals surface area contributed by atoms with Gasteiger partial charge in [0.05, 0.1) is 12.1 Å². The van der Waals surface area contributed by atoms with Gasteiger partial charge in [0, 0.05) is 0 Å². The van der Waals surface area contributed by atoms with Gasteiger partial charge in [-0.2, -0.15) is 5.26 Å². The van der Waals surface area contributed by atoms with Crippen molar-refractivity contribution in [2.24, 2.45) is 0 Å². The van der Waals surface area contributed by atoms with E-state index in [4.69, 9.17) is 5.26 Å². The number of nitrogens with one attached hydrogen (secondary N) is 1. The summed E-state index contributed by atoms with van der Waals surface area (Å²) < 4.78 is 0. The van der Waals surface area contributed by atoms with Crippen LogP contribution in [0.1, 0.15) is 13.3 Å². The average molecular weight is 124 g/mol. The Balaban J connectivity index is 3.08. The van der Waals surface area contributed by atoms with Gasteiger partial charge in [-0.25, -0.2) is 0 Å². The van der Waals surface area contributed by atoms with Crippen LogP contribution < -0.4 is 5.32 Å². The van der Waals surface area contributed by atoms with Crippen LogP contribution in [0.15, 0.2) is 12.7 Å². The summed E-state index contributed by atoms with van der Waals surface area (Å²) in [5.41, 5.74) is 0. The third-order valence-corrected chi connectivity index (χ3v) is 0.993. The summed E-state index contributed by atoms with van der Waals surface area (Å²) in [4.78, 5) is 0. The molecule has 0 aromatic heterocycles. The molecule has 0 spiro atoms. The standard InChI is InChI=1S/C7H12N2/c1-3-4-5-9-7(2)6-8/h3,7,9H,1,4-5H2,2H3. The molecule has 1 N–H and O–H groups in total. The molecule has 2 nitrogen and oxygen atoms in total. The number of rotatable bonds is 4. The molecule has 0 bridgehead atoms. The topological polar surface area (TPSA) is 35.8 Å². The first-order valence-electron chi connectivity index (χ1n) is 3.05. The van der Waals surface area contributed by atoms with Gasteiger partial charge >= 0.3 is 0 Å². The van der Waals surface area contributed by atoms with Crippen molar-refractivity contribution in [3.8, 4) is 6.07 Å². The quantitative estimate of drug-likeness (QED) is 0.449. The molecule has 0 aliphatic rings. The minimum absolute atomic E-state index is 0.0371. The molecule has 0 aromatic carbocycles. The second kappa shape index (κ2) is 5.33. The highest BCUT2D eigenvalue weighted by atomic mass is 14.9. The van der Waals surface area contributed by atoms with E-state index in [9.17, 15) is 0 Å². The highest BCUT2D eigenvalue weighted by Crippen LogP contribution is 1.79. The normalized spacial score (nSPS) is 12.0. The lowest BCUT2D eigenvalue weighted by Crippen LogP contribution is -2.24. The maximum atomic E-state index is 8.30. The van der Waals surface area contributed by atoms with E-state index >= 15 is 0 Å². The lowest BCUT2D eigenvalue weighted by atomic mass is 10.3. The summed E-state index contributed by atoms with van der Waals surface area (Å²) in [5.74, 6) is 0. The lowest BCUT2D eigenvalue weighted by Gasteiger charge is -2.01. The molecular weight excluding hydrogens is 112 g/mol. The van der Waals surface area contributed by atoms with Crippen molar-refractivity contribution in [1.82, 2.24) is 5.32 Å². The predicted molar refractivity (Wildman–Crippen MR) is 37.9 cm³/mol. The van der Waals surface area contributed by atoms with Crippen molar-refractivity contribution in [1.29, 1.82) is 5.26 Å². The molecular formula is C7H12N2.